The SMILES string of the molecule is O=C(c1c[nH]c(=O)c(Cl)c1)N1CCCC[C@@H]1Cn1cccn1. The number of piperidine rings is 1. The molecule has 2 aromatic rings. The van der Waals surface area contributed by atoms with E-state index in [0.717, 1.165) is 19.3 Å². The zero-order chi connectivity index (χ0) is 15.5. The summed E-state index contributed by atoms with van der Waals surface area (Å²) in [6, 6.07) is 3.41. The first kappa shape index (κ1) is 14.8. The van der Waals surface area contributed by atoms with Crippen LogP contribution >= 0.6 is 11.6 Å². The highest BCUT2D eigenvalue weighted by Crippen LogP contribution is 2.21. The van der Waals surface area contributed by atoms with Gasteiger partial charge in [-0.15, -0.1) is 0 Å². The van der Waals surface area contributed by atoms with Crippen LogP contribution in [0.25, 0.3) is 0 Å². The first-order valence-electron chi connectivity index (χ1n) is 7.32. The van der Waals surface area contributed by atoms with Crippen LogP contribution in [0.15, 0.2) is 35.5 Å². The van der Waals surface area contributed by atoms with Crippen molar-refractivity contribution in [3.63, 3.8) is 0 Å². The molecule has 0 saturated carbocycles. The Morgan fingerprint density at radius 1 is 1.45 bits per heavy atom. The zero-order valence-corrected chi connectivity index (χ0v) is 12.8. The monoisotopic (exact) mass is 320 g/mol. The highest BCUT2D eigenvalue weighted by atomic mass is 35.5. The van der Waals surface area contributed by atoms with Crippen LogP contribution in [-0.4, -0.2) is 38.2 Å². The lowest BCUT2D eigenvalue weighted by Crippen LogP contribution is -2.46. The lowest BCUT2D eigenvalue weighted by Gasteiger charge is -2.35. The molecule has 7 heteroatoms. The van der Waals surface area contributed by atoms with Crippen molar-refractivity contribution in [2.45, 2.75) is 31.8 Å². The van der Waals surface area contributed by atoms with Gasteiger partial charge in [0.1, 0.15) is 5.02 Å². The van der Waals surface area contributed by atoms with Gasteiger partial charge in [-0.3, -0.25) is 14.3 Å². The van der Waals surface area contributed by atoms with Crippen molar-refractivity contribution in [1.82, 2.24) is 19.7 Å². The van der Waals surface area contributed by atoms with E-state index in [0.29, 0.717) is 18.7 Å². The van der Waals surface area contributed by atoms with E-state index in [2.05, 4.69) is 10.1 Å². The molecule has 1 amide bonds. The number of nitrogens with zero attached hydrogens (tertiary/aromatic N) is 3. The van der Waals surface area contributed by atoms with Gasteiger partial charge in [0.15, 0.2) is 0 Å². The van der Waals surface area contributed by atoms with E-state index >= 15 is 0 Å². The van der Waals surface area contributed by atoms with Crippen LogP contribution in [0.1, 0.15) is 29.6 Å². The summed E-state index contributed by atoms with van der Waals surface area (Å²) >= 11 is 5.82. The molecule has 6 nitrogen and oxygen atoms in total. The van der Waals surface area contributed by atoms with Gasteiger partial charge in [0.05, 0.1) is 18.2 Å². The predicted octanol–water partition coefficient (Wildman–Crippen LogP) is 1.92. The number of amides is 1. The largest absolute Gasteiger partial charge is 0.334 e. The number of pyridine rings is 1. The van der Waals surface area contributed by atoms with Crippen LogP contribution in [-0.2, 0) is 6.54 Å². The van der Waals surface area contributed by atoms with Crippen LogP contribution in [0.5, 0.6) is 0 Å². The summed E-state index contributed by atoms with van der Waals surface area (Å²) in [7, 11) is 0. The van der Waals surface area contributed by atoms with Gasteiger partial charge in [-0.25, -0.2) is 0 Å². The lowest BCUT2D eigenvalue weighted by molar-refractivity contribution is 0.0583. The van der Waals surface area contributed by atoms with Gasteiger partial charge in [-0.05, 0) is 31.4 Å². The fourth-order valence-electron chi connectivity index (χ4n) is 2.83. The number of aromatic nitrogens is 3. The molecule has 1 fully saturated rings. The topological polar surface area (TPSA) is 71.0 Å². The van der Waals surface area contributed by atoms with E-state index in [-0.39, 0.29) is 22.5 Å². The van der Waals surface area contributed by atoms with Crippen molar-refractivity contribution in [2.75, 3.05) is 6.54 Å². The lowest BCUT2D eigenvalue weighted by atomic mass is 10.0. The number of halogens is 1. The number of nitrogens with one attached hydrogen (secondary N) is 1. The number of hydrogen-bond acceptors (Lipinski definition) is 3. The third-order valence-corrected chi connectivity index (χ3v) is 4.23. The van der Waals surface area contributed by atoms with Crippen LogP contribution in [0, 0.1) is 0 Å². The molecule has 1 N–H and O–H groups in total. The first-order chi connectivity index (χ1) is 10.6. The van der Waals surface area contributed by atoms with Crippen LogP contribution in [0.2, 0.25) is 5.02 Å². The fourth-order valence-corrected chi connectivity index (χ4v) is 3.00. The molecule has 3 heterocycles. The van der Waals surface area contributed by atoms with Gasteiger partial charge < -0.3 is 9.88 Å². The van der Waals surface area contributed by atoms with Gasteiger partial charge >= 0.3 is 0 Å². The Kier molecular flexibility index (Phi) is 4.29. The van der Waals surface area contributed by atoms with Gasteiger partial charge in [0.25, 0.3) is 11.5 Å². The Morgan fingerprint density at radius 3 is 3.05 bits per heavy atom. The van der Waals surface area contributed by atoms with E-state index in [1.165, 1.54) is 12.3 Å². The summed E-state index contributed by atoms with van der Waals surface area (Å²) in [5.74, 6) is -0.102. The van der Waals surface area contributed by atoms with E-state index in [1.54, 1.807) is 6.20 Å². The molecule has 1 saturated heterocycles. The summed E-state index contributed by atoms with van der Waals surface area (Å²) in [6.07, 6.45) is 8.09. The molecular formula is C15H17ClN4O2. The van der Waals surface area contributed by atoms with Crippen molar-refractivity contribution in [3.8, 4) is 0 Å². The molecule has 1 aliphatic rings. The molecule has 1 atom stereocenters. The Balaban J connectivity index is 1.81. The Labute approximate surface area is 132 Å². The van der Waals surface area contributed by atoms with Crippen LogP contribution < -0.4 is 5.56 Å². The van der Waals surface area contributed by atoms with Crippen molar-refractivity contribution in [2.24, 2.45) is 0 Å². The minimum atomic E-state index is -0.384. The normalized spacial score (nSPS) is 18.4. The number of carbonyl (C=O) groups excluding carboxylic acids is 1. The number of likely N-dealkylation sites (tertiary alicyclic amines) is 1. The molecule has 0 spiro atoms. The average Bonchev–Trinajstić information content (AvgIpc) is 3.03. The van der Waals surface area contributed by atoms with Crippen LogP contribution in [0.3, 0.4) is 0 Å². The van der Waals surface area contributed by atoms with Crippen molar-refractivity contribution in [3.05, 3.63) is 51.7 Å². The number of hydrogen-bond donors (Lipinski definition) is 1. The summed E-state index contributed by atoms with van der Waals surface area (Å²) in [4.78, 5) is 28.4. The van der Waals surface area contributed by atoms with Gasteiger partial charge in [-0.2, -0.15) is 5.10 Å². The summed E-state index contributed by atoms with van der Waals surface area (Å²) in [5.41, 5.74) is 0.0296. The minimum Gasteiger partial charge on any atom is -0.334 e. The first-order valence-corrected chi connectivity index (χ1v) is 7.69. The number of rotatable bonds is 3. The maximum Gasteiger partial charge on any atom is 0.266 e. The molecule has 0 bridgehead atoms. The average molecular weight is 321 g/mol. The minimum absolute atomic E-state index is 0.0338. The van der Waals surface area contributed by atoms with Gasteiger partial charge in [0.2, 0.25) is 0 Å². The predicted molar refractivity (Wildman–Crippen MR) is 83.0 cm³/mol. The maximum atomic E-state index is 12.7. The Bertz CT molecular complexity index is 711. The third kappa shape index (κ3) is 3.06. The standard InChI is InChI=1S/C15H17ClN4O2/c16-13-8-11(9-17-14(13)21)15(22)20-7-2-1-4-12(20)10-19-6-3-5-18-19/h3,5-6,8-9,12H,1-2,4,7,10H2,(H,17,21)/t12-/m1/s1. The highest BCUT2D eigenvalue weighted by molar-refractivity contribution is 6.30. The Morgan fingerprint density at radius 2 is 2.32 bits per heavy atom. The molecule has 116 valence electrons. The summed E-state index contributed by atoms with van der Waals surface area (Å²) < 4.78 is 1.84. The second-order valence-corrected chi connectivity index (χ2v) is 5.85. The molecule has 0 unspecified atom stereocenters. The van der Waals surface area contributed by atoms with Gasteiger partial charge in [-0.1, -0.05) is 11.6 Å². The number of aromatic amines is 1. The van der Waals surface area contributed by atoms with Crippen LogP contribution in [0.4, 0.5) is 0 Å². The van der Waals surface area contributed by atoms with Gasteiger partial charge in [0, 0.05) is 25.1 Å². The Hall–Kier alpha value is -2.08. The second-order valence-electron chi connectivity index (χ2n) is 5.44. The number of H-pyrrole nitrogens is 1. The maximum absolute atomic E-state index is 12.7. The van der Waals surface area contributed by atoms with E-state index in [9.17, 15) is 9.59 Å². The zero-order valence-electron chi connectivity index (χ0n) is 12.0. The van der Waals surface area contributed by atoms with Crippen molar-refractivity contribution in [1.29, 1.82) is 0 Å². The summed E-state index contributed by atoms with van der Waals surface area (Å²) in [6.45, 7) is 1.39. The number of carbonyl (C=O) groups is 1. The highest BCUT2D eigenvalue weighted by Gasteiger charge is 2.28. The van der Waals surface area contributed by atoms with Crippen molar-refractivity contribution < 1.29 is 4.79 Å². The van der Waals surface area contributed by atoms with E-state index < -0.39 is 0 Å². The molecule has 3 rings (SSSR count). The summed E-state index contributed by atoms with van der Waals surface area (Å²) in [5, 5.41) is 4.25. The molecule has 1 aliphatic heterocycles. The molecular weight excluding hydrogens is 304 g/mol. The third-order valence-electron chi connectivity index (χ3n) is 3.95. The molecule has 2 aromatic heterocycles. The quantitative estimate of drug-likeness (QED) is 0.939. The smallest absolute Gasteiger partial charge is 0.266 e. The molecule has 22 heavy (non-hydrogen) atoms. The molecule has 0 aliphatic carbocycles. The molecule has 0 aromatic carbocycles. The fraction of sp³-hybridized carbons (Fsp3) is 0.400. The van der Waals surface area contributed by atoms with E-state index in [1.807, 2.05) is 21.8 Å². The molecule has 0 radical (unpaired) electrons. The van der Waals surface area contributed by atoms with Crippen molar-refractivity contribution >= 4 is 17.5 Å². The van der Waals surface area contributed by atoms with E-state index in [4.69, 9.17) is 11.6 Å². The second kappa shape index (κ2) is 6.36.